The Bertz CT molecular complexity index is 832. The average Bonchev–Trinajstić information content (AvgIpc) is 3.18. The van der Waals surface area contributed by atoms with Gasteiger partial charge in [0.1, 0.15) is 0 Å². The number of fused-ring (bicyclic) bond motifs is 1. The fourth-order valence-electron chi connectivity index (χ4n) is 4.37. The molecule has 0 amide bonds. The van der Waals surface area contributed by atoms with Crippen LogP contribution in [0.3, 0.4) is 0 Å². The summed E-state index contributed by atoms with van der Waals surface area (Å²) in [6.45, 7) is 7.01. The van der Waals surface area contributed by atoms with Crippen molar-refractivity contribution in [2.24, 2.45) is 0 Å². The third-order valence-electron chi connectivity index (χ3n) is 6.13. The summed E-state index contributed by atoms with van der Waals surface area (Å²) in [5.41, 5.74) is 1.13. The molecule has 0 unspecified atom stereocenters. The molecule has 0 radical (unpaired) electrons. The molecule has 0 aliphatic rings. The predicted octanol–water partition coefficient (Wildman–Crippen LogP) is 6.48. The Morgan fingerprint density at radius 3 is 2.07 bits per heavy atom. The zero-order valence-electron chi connectivity index (χ0n) is 17.8. The Kier molecular flexibility index (Phi) is 7.95. The summed E-state index contributed by atoms with van der Waals surface area (Å²) in [6.07, 6.45) is 16.2. The third-order valence-corrected chi connectivity index (χ3v) is 21.7. The van der Waals surface area contributed by atoms with Crippen LogP contribution in [0.15, 0.2) is 49.1 Å². The molecule has 0 aliphatic heterocycles. The van der Waals surface area contributed by atoms with Crippen molar-refractivity contribution in [1.82, 2.24) is 14.5 Å². The fraction of sp³-hybridized carbons (Fsp3) is 0.500. The van der Waals surface area contributed by atoms with E-state index in [2.05, 4.69) is 67.0 Å². The van der Waals surface area contributed by atoms with Gasteiger partial charge in [0.25, 0.3) is 0 Å². The Hall–Kier alpha value is -1.36. The van der Waals surface area contributed by atoms with E-state index in [0.717, 1.165) is 11.3 Å². The molecule has 4 heteroatoms. The molecule has 3 aromatic heterocycles. The molecule has 0 bridgehead atoms. The quantitative estimate of drug-likeness (QED) is 0.292. The van der Waals surface area contributed by atoms with E-state index in [1.54, 1.807) is 3.58 Å². The first-order valence-electron chi connectivity index (χ1n) is 11.1. The van der Waals surface area contributed by atoms with Crippen LogP contribution in [0, 0.1) is 0 Å². The van der Waals surface area contributed by atoms with Crippen LogP contribution in [-0.4, -0.2) is 32.9 Å². The zero-order valence-corrected chi connectivity index (χ0v) is 20.7. The Morgan fingerprint density at radius 1 is 0.821 bits per heavy atom. The van der Waals surface area contributed by atoms with Crippen molar-refractivity contribution in [3.05, 3.63) is 49.1 Å². The first-order chi connectivity index (χ1) is 13.7. The van der Waals surface area contributed by atoms with Gasteiger partial charge in [-0.15, -0.1) is 0 Å². The molecule has 3 nitrogen and oxygen atoms in total. The first-order valence-corrected chi connectivity index (χ1v) is 18.6. The van der Waals surface area contributed by atoms with E-state index >= 15 is 0 Å². The van der Waals surface area contributed by atoms with Gasteiger partial charge >= 0.3 is 175 Å². The molecular weight excluding hydrogens is 449 g/mol. The molecule has 0 aliphatic carbocycles. The van der Waals surface area contributed by atoms with E-state index in [0.29, 0.717) is 0 Å². The summed E-state index contributed by atoms with van der Waals surface area (Å²) >= 11 is -2.38. The van der Waals surface area contributed by atoms with Crippen LogP contribution in [0.2, 0.25) is 13.3 Å². The van der Waals surface area contributed by atoms with Gasteiger partial charge in [0.05, 0.1) is 0 Å². The molecule has 0 fully saturated rings. The molecule has 0 atom stereocenters. The minimum atomic E-state index is -2.38. The number of hydrogen-bond acceptors (Lipinski definition) is 2. The molecule has 0 aromatic carbocycles. The summed E-state index contributed by atoms with van der Waals surface area (Å²) < 4.78 is 8.27. The number of aromatic nitrogens is 3. The van der Waals surface area contributed by atoms with Crippen molar-refractivity contribution in [3.63, 3.8) is 0 Å². The second-order valence-electron chi connectivity index (χ2n) is 8.12. The molecule has 3 aromatic rings. The van der Waals surface area contributed by atoms with Crippen LogP contribution < -0.4 is 3.58 Å². The van der Waals surface area contributed by atoms with Crippen molar-refractivity contribution in [2.75, 3.05) is 0 Å². The average molecular weight is 484 g/mol. The molecular formula is C24H35N3Sn. The number of hydrogen-bond donors (Lipinski definition) is 0. The Balaban J connectivity index is 1.93. The molecule has 0 spiro atoms. The molecule has 0 saturated heterocycles. The SMILES string of the molecule is CCC[CH2][Sn]([CH2]CCC)([CH2]CCC)[c]1ccc(-n2ccc3ccncc32)nc1. The first kappa shape index (κ1) is 21.4. The van der Waals surface area contributed by atoms with Gasteiger partial charge in [0.2, 0.25) is 0 Å². The van der Waals surface area contributed by atoms with Crippen LogP contribution in [0.1, 0.15) is 59.3 Å². The van der Waals surface area contributed by atoms with Gasteiger partial charge in [0, 0.05) is 0 Å². The maximum absolute atomic E-state index is 4.95. The van der Waals surface area contributed by atoms with E-state index < -0.39 is 18.4 Å². The van der Waals surface area contributed by atoms with E-state index in [-0.39, 0.29) is 0 Å². The second-order valence-corrected chi connectivity index (χ2v) is 21.4. The predicted molar refractivity (Wildman–Crippen MR) is 123 cm³/mol. The summed E-state index contributed by atoms with van der Waals surface area (Å²) in [5, 5.41) is 1.21. The third kappa shape index (κ3) is 4.79. The zero-order chi connectivity index (χ0) is 19.8. The van der Waals surface area contributed by atoms with Crippen LogP contribution in [0.4, 0.5) is 0 Å². The standard InChI is InChI=1S/C12H8N3.3C4H9.Sn/c1-2-6-14-12(3-1)15-8-5-10-4-7-13-9-11(10)15;3*1-3-4-2;/h1,3-9H;3*1,3-4H2,2H3;. The molecule has 3 rings (SSSR count). The fourth-order valence-corrected chi connectivity index (χ4v) is 20.0. The van der Waals surface area contributed by atoms with Gasteiger partial charge in [-0.3, -0.25) is 0 Å². The van der Waals surface area contributed by atoms with Crippen molar-refractivity contribution >= 4 is 32.9 Å². The van der Waals surface area contributed by atoms with Crippen molar-refractivity contribution in [1.29, 1.82) is 0 Å². The van der Waals surface area contributed by atoms with Gasteiger partial charge < -0.3 is 0 Å². The van der Waals surface area contributed by atoms with E-state index in [9.17, 15) is 0 Å². The number of pyridine rings is 2. The van der Waals surface area contributed by atoms with Gasteiger partial charge in [-0.05, 0) is 0 Å². The van der Waals surface area contributed by atoms with E-state index in [4.69, 9.17) is 4.98 Å². The van der Waals surface area contributed by atoms with Crippen LogP contribution >= 0.6 is 0 Å². The van der Waals surface area contributed by atoms with Crippen LogP contribution in [0.25, 0.3) is 16.7 Å². The normalized spacial score (nSPS) is 12.0. The van der Waals surface area contributed by atoms with Crippen LogP contribution in [0.5, 0.6) is 0 Å². The topological polar surface area (TPSA) is 30.7 Å². The molecule has 28 heavy (non-hydrogen) atoms. The molecule has 3 heterocycles. The summed E-state index contributed by atoms with van der Waals surface area (Å²) in [5.74, 6) is 1.01. The second kappa shape index (κ2) is 10.4. The number of unbranched alkanes of at least 4 members (excludes halogenated alkanes) is 3. The van der Waals surface area contributed by atoms with Crippen molar-refractivity contribution in [2.45, 2.75) is 72.6 Å². The minimum absolute atomic E-state index is 1.01. The van der Waals surface area contributed by atoms with Gasteiger partial charge in [0.15, 0.2) is 0 Å². The summed E-state index contributed by atoms with van der Waals surface area (Å²) in [6, 6.07) is 8.88. The van der Waals surface area contributed by atoms with Crippen molar-refractivity contribution in [3.8, 4) is 5.82 Å². The molecule has 0 N–H and O–H groups in total. The monoisotopic (exact) mass is 485 g/mol. The number of rotatable bonds is 11. The van der Waals surface area contributed by atoms with Gasteiger partial charge in [-0.25, -0.2) is 0 Å². The van der Waals surface area contributed by atoms with E-state index in [1.165, 1.54) is 57.2 Å². The van der Waals surface area contributed by atoms with Crippen molar-refractivity contribution < 1.29 is 0 Å². The van der Waals surface area contributed by atoms with Crippen LogP contribution in [-0.2, 0) is 0 Å². The van der Waals surface area contributed by atoms with E-state index in [1.807, 2.05) is 12.4 Å². The Labute approximate surface area is 174 Å². The van der Waals surface area contributed by atoms with Gasteiger partial charge in [-0.1, -0.05) is 0 Å². The summed E-state index contributed by atoms with van der Waals surface area (Å²) in [7, 11) is 0. The maximum atomic E-state index is 4.95. The summed E-state index contributed by atoms with van der Waals surface area (Å²) in [4.78, 5) is 9.24. The molecule has 0 saturated carbocycles. The van der Waals surface area contributed by atoms with Gasteiger partial charge in [-0.2, -0.15) is 0 Å². The molecule has 150 valence electrons. The Morgan fingerprint density at radius 2 is 1.50 bits per heavy atom. The number of nitrogens with zero attached hydrogens (tertiary/aromatic N) is 3.